The van der Waals surface area contributed by atoms with Crippen LogP contribution in [0.3, 0.4) is 0 Å². The van der Waals surface area contributed by atoms with Gasteiger partial charge in [-0.15, -0.1) is 0 Å². The number of pyridine rings is 1. The lowest BCUT2D eigenvalue weighted by atomic mass is 10.3. The number of halogens is 2. The van der Waals surface area contributed by atoms with E-state index in [1.165, 1.54) is 24.4 Å². The zero-order valence-electron chi connectivity index (χ0n) is 8.56. The zero-order chi connectivity index (χ0) is 12.3. The Morgan fingerprint density at radius 2 is 2.12 bits per heavy atom. The number of ether oxygens (including phenoxy) is 1. The maximum atomic E-state index is 13.0. The lowest BCUT2D eigenvalue weighted by Gasteiger charge is -2.05. The number of benzene rings is 1. The Kier molecular flexibility index (Phi) is 3.49. The number of carbonyl (C=O) groups excluding carboxylic acids is 1. The largest absolute Gasteiger partial charge is 0.439 e. The molecule has 3 nitrogen and oxygen atoms in total. The Morgan fingerprint density at radius 1 is 1.29 bits per heavy atom. The minimum Gasteiger partial charge on any atom is -0.439 e. The number of aldehydes is 1. The van der Waals surface area contributed by atoms with E-state index in [2.05, 4.69) is 20.9 Å². The van der Waals surface area contributed by atoms with Gasteiger partial charge in [-0.1, -0.05) is 0 Å². The molecule has 0 bridgehead atoms. The summed E-state index contributed by atoms with van der Waals surface area (Å²) in [4.78, 5) is 14.4. The van der Waals surface area contributed by atoms with Gasteiger partial charge in [-0.05, 0) is 40.2 Å². The second kappa shape index (κ2) is 5.05. The third-order valence-electron chi connectivity index (χ3n) is 2.01. The van der Waals surface area contributed by atoms with Crippen molar-refractivity contribution in [3.8, 4) is 11.6 Å². The molecule has 0 fully saturated rings. The van der Waals surface area contributed by atoms with Crippen LogP contribution in [0.4, 0.5) is 4.39 Å². The van der Waals surface area contributed by atoms with Gasteiger partial charge in [0.2, 0.25) is 5.88 Å². The molecule has 1 heterocycles. The van der Waals surface area contributed by atoms with E-state index in [4.69, 9.17) is 4.74 Å². The van der Waals surface area contributed by atoms with Crippen molar-refractivity contribution >= 4 is 22.2 Å². The summed E-state index contributed by atoms with van der Waals surface area (Å²) in [6, 6.07) is 7.45. The number of rotatable bonds is 3. The maximum absolute atomic E-state index is 13.0. The topological polar surface area (TPSA) is 39.2 Å². The van der Waals surface area contributed by atoms with E-state index < -0.39 is 0 Å². The Labute approximate surface area is 105 Å². The molecule has 0 unspecified atom stereocenters. The van der Waals surface area contributed by atoms with Crippen LogP contribution in [-0.4, -0.2) is 11.3 Å². The summed E-state index contributed by atoms with van der Waals surface area (Å²) < 4.78 is 18.7. The van der Waals surface area contributed by atoms with Gasteiger partial charge in [0.1, 0.15) is 11.6 Å². The summed E-state index contributed by atoms with van der Waals surface area (Å²) in [7, 11) is 0. The maximum Gasteiger partial charge on any atom is 0.219 e. The fourth-order valence-corrected chi connectivity index (χ4v) is 1.54. The van der Waals surface area contributed by atoms with Crippen molar-refractivity contribution < 1.29 is 13.9 Å². The Bertz CT molecular complexity index is 543. The quantitative estimate of drug-likeness (QED) is 0.813. The van der Waals surface area contributed by atoms with Crippen LogP contribution < -0.4 is 4.74 Å². The lowest BCUT2D eigenvalue weighted by molar-refractivity contribution is 0.112. The molecule has 86 valence electrons. The third-order valence-corrected chi connectivity index (χ3v) is 2.62. The SMILES string of the molecule is O=Cc1ccc(Oc2ccc(F)c(Br)c2)nc1. The number of hydrogen-bond acceptors (Lipinski definition) is 3. The molecule has 2 aromatic rings. The summed E-state index contributed by atoms with van der Waals surface area (Å²) >= 11 is 3.06. The molecular weight excluding hydrogens is 289 g/mol. The van der Waals surface area contributed by atoms with Gasteiger partial charge in [0, 0.05) is 17.8 Å². The van der Waals surface area contributed by atoms with E-state index in [0.29, 0.717) is 28.0 Å². The van der Waals surface area contributed by atoms with E-state index in [9.17, 15) is 9.18 Å². The molecule has 1 aromatic carbocycles. The monoisotopic (exact) mass is 295 g/mol. The first-order chi connectivity index (χ1) is 8.19. The Morgan fingerprint density at radius 3 is 2.71 bits per heavy atom. The smallest absolute Gasteiger partial charge is 0.219 e. The predicted molar refractivity (Wildman–Crippen MR) is 63.8 cm³/mol. The molecule has 0 saturated heterocycles. The second-order valence-corrected chi connectivity index (χ2v) is 4.08. The van der Waals surface area contributed by atoms with Crippen LogP contribution >= 0.6 is 15.9 Å². The second-order valence-electron chi connectivity index (χ2n) is 3.23. The number of nitrogens with zero attached hydrogens (tertiary/aromatic N) is 1. The van der Waals surface area contributed by atoms with Crippen molar-refractivity contribution in [3.05, 3.63) is 52.4 Å². The molecule has 0 N–H and O–H groups in total. The van der Waals surface area contributed by atoms with Crippen molar-refractivity contribution in [1.29, 1.82) is 0 Å². The molecule has 0 atom stereocenters. The summed E-state index contributed by atoms with van der Waals surface area (Å²) in [5.41, 5.74) is 0.470. The van der Waals surface area contributed by atoms with Crippen molar-refractivity contribution in [2.24, 2.45) is 0 Å². The van der Waals surface area contributed by atoms with Gasteiger partial charge in [0.15, 0.2) is 6.29 Å². The highest BCUT2D eigenvalue weighted by atomic mass is 79.9. The zero-order valence-corrected chi connectivity index (χ0v) is 10.1. The molecule has 0 amide bonds. The number of aromatic nitrogens is 1. The Hall–Kier alpha value is -1.75. The molecule has 1 aromatic heterocycles. The van der Waals surface area contributed by atoms with E-state index in [0.717, 1.165) is 0 Å². The molecule has 0 spiro atoms. The van der Waals surface area contributed by atoms with Gasteiger partial charge in [0.25, 0.3) is 0 Å². The molecule has 0 aliphatic heterocycles. The molecule has 17 heavy (non-hydrogen) atoms. The fraction of sp³-hybridized carbons (Fsp3) is 0. The number of carbonyl (C=O) groups is 1. The minimum absolute atomic E-state index is 0.319. The highest BCUT2D eigenvalue weighted by Gasteiger charge is 2.03. The van der Waals surface area contributed by atoms with Crippen LogP contribution in [0.15, 0.2) is 41.0 Å². The van der Waals surface area contributed by atoms with Gasteiger partial charge in [-0.25, -0.2) is 9.37 Å². The van der Waals surface area contributed by atoms with Gasteiger partial charge in [-0.2, -0.15) is 0 Å². The molecule has 0 aliphatic rings. The van der Waals surface area contributed by atoms with Crippen LogP contribution in [0.25, 0.3) is 0 Å². The van der Waals surface area contributed by atoms with E-state index in [1.54, 1.807) is 12.1 Å². The minimum atomic E-state index is -0.360. The summed E-state index contributed by atoms with van der Waals surface area (Å²) in [6.45, 7) is 0. The fourth-order valence-electron chi connectivity index (χ4n) is 1.18. The first-order valence-corrected chi connectivity index (χ1v) is 5.52. The van der Waals surface area contributed by atoms with Gasteiger partial charge in [-0.3, -0.25) is 4.79 Å². The van der Waals surface area contributed by atoms with Crippen molar-refractivity contribution in [3.63, 3.8) is 0 Å². The highest BCUT2D eigenvalue weighted by Crippen LogP contribution is 2.25. The molecule has 2 rings (SSSR count). The average molecular weight is 296 g/mol. The summed E-state index contributed by atoms with van der Waals surface area (Å²) in [5, 5.41) is 0. The van der Waals surface area contributed by atoms with Gasteiger partial charge < -0.3 is 4.74 Å². The standard InChI is InChI=1S/C12H7BrFNO2/c13-10-5-9(2-3-11(10)14)17-12-4-1-8(7-16)6-15-12/h1-7H. The molecule has 0 radical (unpaired) electrons. The first-order valence-electron chi connectivity index (χ1n) is 4.73. The predicted octanol–water partition coefficient (Wildman–Crippen LogP) is 3.59. The van der Waals surface area contributed by atoms with Crippen molar-refractivity contribution in [2.45, 2.75) is 0 Å². The Balaban J connectivity index is 2.19. The summed E-state index contributed by atoms with van der Waals surface area (Å²) in [5.74, 6) is 0.445. The van der Waals surface area contributed by atoms with Crippen molar-refractivity contribution in [1.82, 2.24) is 4.98 Å². The van der Waals surface area contributed by atoms with Crippen LogP contribution in [-0.2, 0) is 0 Å². The normalized spacial score (nSPS) is 10.0. The summed E-state index contributed by atoms with van der Waals surface area (Å²) in [6.07, 6.45) is 2.10. The number of hydrogen-bond donors (Lipinski definition) is 0. The molecule has 5 heteroatoms. The van der Waals surface area contributed by atoms with E-state index in [-0.39, 0.29) is 5.82 Å². The first kappa shape index (κ1) is 11.7. The van der Waals surface area contributed by atoms with Crippen LogP contribution in [0.5, 0.6) is 11.6 Å². The van der Waals surface area contributed by atoms with Gasteiger partial charge in [0.05, 0.1) is 4.47 Å². The average Bonchev–Trinajstić information content (AvgIpc) is 2.35. The van der Waals surface area contributed by atoms with Crippen LogP contribution in [0, 0.1) is 5.82 Å². The van der Waals surface area contributed by atoms with Crippen LogP contribution in [0.1, 0.15) is 10.4 Å². The molecule has 0 aliphatic carbocycles. The molecule has 0 saturated carbocycles. The van der Waals surface area contributed by atoms with Crippen molar-refractivity contribution in [2.75, 3.05) is 0 Å². The third kappa shape index (κ3) is 2.88. The van der Waals surface area contributed by atoms with Crippen LogP contribution in [0.2, 0.25) is 0 Å². The van der Waals surface area contributed by atoms with Gasteiger partial charge >= 0.3 is 0 Å². The molecular formula is C12H7BrFNO2. The lowest BCUT2D eigenvalue weighted by Crippen LogP contribution is -1.90. The van der Waals surface area contributed by atoms with E-state index in [1.807, 2.05) is 0 Å². The van der Waals surface area contributed by atoms with E-state index >= 15 is 0 Å². The highest BCUT2D eigenvalue weighted by molar-refractivity contribution is 9.10.